The van der Waals surface area contributed by atoms with Gasteiger partial charge in [-0.2, -0.15) is 13.2 Å². The number of halogens is 3. The third-order valence-electron chi connectivity index (χ3n) is 7.72. The van der Waals surface area contributed by atoms with Crippen LogP contribution in [0.15, 0.2) is 0 Å². The van der Waals surface area contributed by atoms with Crippen molar-refractivity contribution >= 4 is 5.91 Å². The molecule has 1 saturated heterocycles. The Morgan fingerprint density at radius 3 is 2.24 bits per heavy atom. The summed E-state index contributed by atoms with van der Waals surface area (Å²) in [6.45, 7) is 5.24. The van der Waals surface area contributed by atoms with E-state index >= 15 is 0 Å². The second-order valence-corrected chi connectivity index (χ2v) is 10.1. The third kappa shape index (κ3) is 2.54. The smallest absolute Gasteiger partial charge is 0.342 e. The molecule has 1 aliphatic heterocycles. The van der Waals surface area contributed by atoms with Crippen LogP contribution in [0.25, 0.3) is 0 Å². The second kappa shape index (κ2) is 5.14. The number of hydrogen-bond donors (Lipinski definition) is 1. The highest BCUT2D eigenvalue weighted by Crippen LogP contribution is 2.69. The number of nitrogens with zero attached hydrogens (tertiary/aromatic N) is 1. The summed E-state index contributed by atoms with van der Waals surface area (Å²) in [7, 11) is 0. The molecule has 0 aromatic rings. The van der Waals surface area contributed by atoms with E-state index in [-0.39, 0.29) is 48.5 Å². The summed E-state index contributed by atoms with van der Waals surface area (Å²) in [5, 5.41) is 0. The number of carbonyl (C=O) groups excluding carboxylic acids is 1. The summed E-state index contributed by atoms with van der Waals surface area (Å²) in [4.78, 5) is 15.3. The molecule has 4 aliphatic carbocycles. The van der Waals surface area contributed by atoms with Gasteiger partial charge in [0.2, 0.25) is 5.91 Å². The zero-order chi connectivity index (χ0) is 18.3. The van der Waals surface area contributed by atoms with E-state index in [1.807, 2.05) is 18.7 Å². The summed E-state index contributed by atoms with van der Waals surface area (Å²) in [5.74, 6) is 0.106. The van der Waals surface area contributed by atoms with Crippen LogP contribution < -0.4 is 5.73 Å². The monoisotopic (exact) mass is 358 g/mol. The molecule has 4 saturated carbocycles. The number of likely N-dealkylation sites (tertiary alicyclic amines) is 1. The van der Waals surface area contributed by atoms with E-state index in [1.165, 1.54) is 0 Å². The van der Waals surface area contributed by atoms with Crippen LogP contribution >= 0.6 is 0 Å². The average molecular weight is 358 g/mol. The van der Waals surface area contributed by atoms with Crippen molar-refractivity contribution in [3.05, 3.63) is 0 Å². The minimum absolute atomic E-state index is 0.0122. The summed E-state index contributed by atoms with van der Waals surface area (Å²) in [6.07, 6.45) is -0.795. The van der Waals surface area contributed by atoms with Crippen LogP contribution in [0.1, 0.15) is 58.8 Å². The maximum absolute atomic E-state index is 13.9. The molecule has 3 atom stereocenters. The number of nitrogens with two attached hydrogens (primary N) is 1. The van der Waals surface area contributed by atoms with Gasteiger partial charge in [0, 0.05) is 19.1 Å². The molecule has 6 heteroatoms. The fraction of sp³-hybridized carbons (Fsp3) is 0.947. The topological polar surface area (TPSA) is 46.3 Å². The highest BCUT2D eigenvalue weighted by molar-refractivity contribution is 5.83. The summed E-state index contributed by atoms with van der Waals surface area (Å²) in [6, 6.07) is 0.0365. The van der Waals surface area contributed by atoms with Crippen molar-refractivity contribution in [3.63, 3.8) is 0 Å². The molecule has 1 amide bonds. The number of piperidine rings is 1. The Hall–Kier alpha value is -0.780. The van der Waals surface area contributed by atoms with Crippen LogP contribution in [-0.2, 0) is 4.79 Å². The molecule has 3 nitrogen and oxygen atoms in total. The van der Waals surface area contributed by atoms with Gasteiger partial charge in [0.05, 0.1) is 10.8 Å². The molecule has 5 fully saturated rings. The normalized spacial score (nSPS) is 45.7. The van der Waals surface area contributed by atoms with Gasteiger partial charge in [-0.05, 0) is 62.2 Å². The quantitative estimate of drug-likeness (QED) is 0.776. The van der Waals surface area contributed by atoms with E-state index < -0.39 is 17.0 Å². The summed E-state index contributed by atoms with van der Waals surface area (Å²) >= 11 is 0. The highest BCUT2D eigenvalue weighted by atomic mass is 19.4. The van der Waals surface area contributed by atoms with Crippen LogP contribution in [0.4, 0.5) is 13.2 Å². The van der Waals surface area contributed by atoms with Crippen LogP contribution in [0.3, 0.4) is 0 Å². The van der Waals surface area contributed by atoms with Crippen molar-refractivity contribution in [1.82, 2.24) is 4.90 Å². The van der Waals surface area contributed by atoms with Gasteiger partial charge in [-0.3, -0.25) is 4.79 Å². The summed E-state index contributed by atoms with van der Waals surface area (Å²) in [5.41, 5.74) is 3.59. The molecule has 0 spiro atoms. The SMILES string of the molecule is CC1(C)CN(C(=O)C23CC4CC(C2)CC(C(F)(F)F)(C4)C3)CCC1N. The van der Waals surface area contributed by atoms with E-state index in [1.54, 1.807) is 0 Å². The molecule has 0 radical (unpaired) electrons. The first-order valence-corrected chi connectivity index (χ1v) is 9.58. The minimum atomic E-state index is -4.19. The Morgan fingerprint density at radius 2 is 1.72 bits per heavy atom. The number of rotatable bonds is 1. The maximum Gasteiger partial charge on any atom is 0.394 e. The molecule has 0 aromatic heterocycles. The Morgan fingerprint density at radius 1 is 1.12 bits per heavy atom. The van der Waals surface area contributed by atoms with E-state index in [9.17, 15) is 18.0 Å². The molecular formula is C19H29F3N2O. The standard InChI is InChI=1S/C19H29F3N2O/c1-16(2)11-24(4-3-14(16)23)15(25)17-6-12-5-13(7-17)9-18(8-12,10-17)19(20,21)22/h12-14H,3-11,23H2,1-2H3. The fourth-order valence-corrected chi connectivity index (χ4v) is 6.73. The van der Waals surface area contributed by atoms with Crippen molar-refractivity contribution in [3.8, 4) is 0 Å². The Labute approximate surface area is 147 Å². The summed E-state index contributed by atoms with van der Waals surface area (Å²) < 4.78 is 41.7. The van der Waals surface area contributed by atoms with Crippen molar-refractivity contribution in [2.45, 2.75) is 71.0 Å². The van der Waals surface area contributed by atoms with Crippen molar-refractivity contribution in [2.24, 2.45) is 33.8 Å². The first-order chi connectivity index (χ1) is 11.5. The lowest BCUT2D eigenvalue weighted by Gasteiger charge is -2.62. The molecule has 5 aliphatic rings. The number of alkyl halides is 3. The number of hydrogen-bond acceptors (Lipinski definition) is 2. The highest BCUT2D eigenvalue weighted by Gasteiger charge is 2.69. The molecule has 4 bridgehead atoms. The Kier molecular flexibility index (Phi) is 3.62. The zero-order valence-electron chi connectivity index (χ0n) is 15.2. The molecule has 2 N–H and O–H groups in total. The molecule has 1 heterocycles. The minimum Gasteiger partial charge on any atom is -0.342 e. The molecule has 25 heavy (non-hydrogen) atoms. The molecule has 142 valence electrons. The Balaban J connectivity index is 1.63. The van der Waals surface area contributed by atoms with Crippen LogP contribution in [0.5, 0.6) is 0 Å². The lowest BCUT2D eigenvalue weighted by Crippen LogP contribution is -2.64. The zero-order valence-corrected chi connectivity index (χ0v) is 15.2. The van der Waals surface area contributed by atoms with E-state index in [4.69, 9.17) is 5.73 Å². The first-order valence-electron chi connectivity index (χ1n) is 9.58. The van der Waals surface area contributed by atoms with Crippen molar-refractivity contribution < 1.29 is 18.0 Å². The van der Waals surface area contributed by atoms with Crippen molar-refractivity contribution in [1.29, 1.82) is 0 Å². The van der Waals surface area contributed by atoms with E-state index in [0.717, 1.165) is 12.8 Å². The fourth-order valence-electron chi connectivity index (χ4n) is 6.73. The molecular weight excluding hydrogens is 329 g/mol. The van der Waals surface area contributed by atoms with Gasteiger partial charge in [-0.25, -0.2) is 0 Å². The number of carbonyl (C=O) groups is 1. The van der Waals surface area contributed by atoms with Gasteiger partial charge in [0.25, 0.3) is 0 Å². The molecule has 5 rings (SSSR count). The predicted molar refractivity (Wildman–Crippen MR) is 88.6 cm³/mol. The lowest BCUT2D eigenvalue weighted by molar-refractivity contribution is -0.285. The molecule has 3 unspecified atom stereocenters. The van der Waals surface area contributed by atoms with Gasteiger partial charge in [-0.15, -0.1) is 0 Å². The van der Waals surface area contributed by atoms with E-state index in [0.29, 0.717) is 25.9 Å². The van der Waals surface area contributed by atoms with Gasteiger partial charge < -0.3 is 10.6 Å². The second-order valence-electron chi connectivity index (χ2n) is 10.1. The van der Waals surface area contributed by atoms with Crippen LogP contribution in [0, 0.1) is 28.1 Å². The largest absolute Gasteiger partial charge is 0.394 e. The molecule has 0 aromatic carbocycles. The van der Waals surface area contributed by atoms with E-state index in [2.05, 4.69) is 0 Å². The lowest BCUT2D eigenvalue weighted by atomic mass is 9.43. The van der Waals surface area contributed by atoms with Crippen LogP contribution in [0.2, 0.25) is 0 Å². The number of amides is 1. The predicted octanol–water partition coefficient (Wildman–Crippen LogP) is 3.72. The Bertz CT molecular complexity index is 572. The van der Waals surface area contributed by atoms with Gasteiger partial charge in [0.15, 0.2) is 0 Å². The van der Waals surface area contributed by atoms with Crippen molar-refractivity contribution in [2.75, 3.05) is 13.1 Å². The van der Waals surface area contributed by atoms with Gasteiger partial charge in [-0.1, -0.05) is 13.8 Å². The van der Waals surface area contributed by atoms with Gasteiger partial charge >= 0.3 is 6.18 Å². The maximum atomic E-state index is 13.9. The first kappa shape index (κ1) is 17.6. The average Bonchev–Trinajstić information content (AvgIpc) is 2.47. The van der Waals surface area contributed by atoms with Gasteiger partial charge in [0.1, 0.15) is 0 Å². The van der Waals surface area contributed by atoms with Crippen LogP contribution in [-0.4, -0.2) is 36.1 Å². The third-order valence-corrected chi connectivity index (χ3v) is 7.72.